The van der Waals surface area contributed by atoms with E-state index in [1.165, 1.54) is 19.1 Å². The molecule has 0 aliphatic heterocycles. The van der Waals surface area contributed by atoms with E-state index >= 15 is 0 Å². The molecule has 9 heteroatoms. The van der Waals surface area contributed by atoms with Crippen LogP contribution in [-0.2, 0) is 42.6 Å². The minimum Gasteiger partial charge on any atom is -0.499 e. The molecule has 0 aromatic heterocycles. The normalized spacial score (nSPS) is 11.2. The molecule has 0 saturated carbocycles. The Labute approximate surface area is 194 Å². The maximum atomic E-state index is 5.46. The van der Waals surface area contributed by atoms with Crippen LogP contribution in [0.25, 0.3) is 0 Å². The largest absolute Gasteiger partial charge is 0.499 e. The summed E-state index contributed by atoms with van der Waals surface area (Å²) in [6, 6.07) is 0. The van der Waals surface area contributed by atoms with E-state index < -0.39 is 0 Å². The highest BCUT2D eigenvalue weighted by Crippen LogP contribution is 1.94. The molecular formula is C23H46O9. The predicted molar refractivity (Wildman–Crippen MR) is 122 cm³/mol. The van der Waals surface area contributed by atoms with Crippen molar-refractivity contribution in [1.29, 1.82) is 0 Å². The molecule has 192 valence electrons. The molecule has 0 saturated heterocycles. The minimum atomic E-state index is 0.511. The monoisotopic (exact) mass is 466 g/mol. The molecule has 0 N–H and O–H groups in total. The van der Waals surface area contributed by atoms with Gasteiger partial charge in [-0.05, 0) is 6.42 Å². The van der Waals surface area contributed by atoms with E-state index in [9.17, 15) is 0 Å². The molecule has 0 aliphatic rings. The topological polar surface area (TPSA) is 83.1 Å². The lowest BCUT2D eigenvalue weighted by Crippen LogP contribution is -2.15. The van der Waals surface area contributed by atoms with Gasteiger partial charge in [-0.1, -0.05) is 26.3 Å². The third-order valence-corrected chi connectivity index (χ3v) is 3.96. The van der Waals surface area contributed by atoms with Gasteiger partial charge in [0.2, 0.25) is 0 Å². The zero-order chi connectivity index (χ0) is 23.2. The van der Waals surface area contributed by atoms with Crippen LogP contribution in [0.3, 0.4) is 0 Å². The first-order chi connectivity index (χ1) is 15.9. The molecule has 9 nitrogen and oxygen atoms in total. The lowest BCUT2D eigenvalue weighted by molar-refractivity contribution is -0.0239. The molecular weight excluding hydrogens is 420 g/mol. The average molecular weight is 467 g/mol. The van der Waals surface area contributed by atoms with Crippen molar-refractivity contribution in [3.63, 3.8) is 0 Å². The third kappa shape index (κ3) is 29.2. The Hall–Kier alpha value is -0.780. The van der Waals surface area contributed by atoms with Crippen molar-refractivity contribution in [2.24, 2.45) is 0 Å². The minimum absolute atomic E-state index is 0.511. The van der Waals surface area contributed by atoms with E-state index in [-0.39, 0.29) is 0 Å². The zero-order valence-electron chi connectivity index (χ0n) is 20.1. The predicted octanol–water partition coefficient (Wildman–Crippen LogP) is 2.47. The van der Waals surface area contributed by atoms with Crippen molar-refractivity contribution < 1.29 is 42.6 Å². The summed E-state index contributed by atoms with van der Waals surface area (Å²) in [6.07, 6.45) is 4.96. The number of unbranched alkanes of at least 4 members (excludes halogenated alkanes) is 2. The van der Waals surface area contributed by atoms with Crippen LogP contribution >= 0.6 is 0 Å². The van der Waals surface area contributed by atoms with E-state index in [1.807, 2.05) is 0 Å². The van der Waals surface area contributed by atoms with Gasteiger partial charge < -0.3 is 42.6 Å². The van der Waals surface area contributed by atoms with Crippen LogP contribution in [0.1, 0.15) is 26.2 Å². The summed E-state index contributed by atoms with van der Waals surface area (Å²) in [6.45, 7) is 15.3. The quantitative estimate of drug-likeness (QED) is 0.122. The molecule has 0 unspecified atom stereocenters. The Morgan fingerprint density at radius 3 is 0.969 bits per heavy atom. The second-order valence-electron chi connectivity index (χ2n) is 6.64. The first-order valence-corrected chi connectivity index (χ1v) is 11.8. The van der Waals surface area contributed by atoms with Gasteiger partial charge in [0.1, 0.15) is 6.61 Å². The SMILES string of the molecule is C=COCCOCCOCCOCCOCCOCCOCCOCCOCCCCC. The van der Waals surface area contributed by atoms with E-state index in [0.717, 1.165) is 13.0 Å². The van der Waals surface area contributed by atoms with Crippen molar-refractivity contribution in [3.05, 3.63) is 12.8 Å². The van der Waals surface area contributed by atoms with Crippen molar-refractivity contribution in [3.8, 4) is 0 Å². The smallest absolute Gasteiger partial charge is 0.111 e. The fourth-order valence-electron chi connectivity index (χ4n) is 2.29. The highest BCUT2D eigenvalue weighted by atomic mass is 16.6. The molecule has 0 heterocycles. The molecule has 0 bridgehead atoms. The molecule has 0 aliphatic carbocycles. The molecule has 0 fully saturated rings. The molecule has 0 radical (unpaired) electrons. The van der Waals surface area contributed by atoms with Crippen LogP contribution in [0.5, 0.6) is 0 Å². The van der Waals surface area contributed by atoms with Gasteiger partial charge in [-0.15, -0.1) is 0 Å². The van der Waals surface area contributed by atoms with E-state index in [4.69, 9.17) is 42.6 Å². The molecule has 0 aromatic rings. The number of rotatable bonds is 29. The Kier molecular flexibility index (Phi) is 29.5. The van der Waals surface area contributed by atoms with Gasteiger partial charge in [0.15, 0.2) is 0 Å². The molecule has 0 atom stereocenters. The summed E-state index contributed by atoms with van der Waals surface area (Å²) in [5.74, 6) is 0. The van der Waals surface area contributed by atoms with E-state index in [0.29, 0.717) is 106 Å². The molecule has 0 rings (SSSR count). The second kappa shape index (κ2) is 30.2. The fourth-order valence-corrected chi connectivity index (χ4v) is 2.29. The van der Waals surface area contributed by atoms with Crippen LogP contribution in [0.2, 0.25) is 0 Å². The highest BCUT2D eigenvalue weighted by Gasteiger charge is 1.95. The van der Waals surface area contributed by atoms with Crippen LogP contribution in [0, 0.1) is 0 Å². The summed E-state index contributed by atoms with van der Waals surface area (Å²) in [5, 5.41) is 0. The van der Waals surface area contributed by atoms with Crippen LogP contribution in [-0.4, -0.2) is 112 Å². The first kappa shape index (κ1) is 31.2. The average Bonchev–Trinajstić information content (AvgIpc) is 2.81. The van der Waals surface area contributed by atoms with Gasteiger partial charge in [0, 0.05) is 6.61 Å². The summed E-state index contributed by atoms with van der Waals surface area (Å²) in [5.41, 5.74) is 0. The van der Waals surface area contributed by atoms with Gasteiger partial charge in [-0.25, -0.2) is 0 Å². The van der Waals surface area contributed by atoms with E-state index in [2.05, 4.69) is 13.5 Å². The van der Waals surface area contributed by atoms with E-state index in [1.54, 1.807) is 0 Å². The lowest BCUT2D eigenvalue weighted by Gasteiger charge is -2.08. The fraction of sp³-hybridized carbons (Fsp3) is 0.913. The van der Waals surface area contributed by atoms with Crippen LogP contribution in [0.15, 0.2) is 12.8 Å². The van der Waals surface area contributed by atoms with Crippen LogP contribution in [0.4, 0.5) is 0 Å². The number of ether oxygens (including phenoxy) is 9. The Balaban J connectivity index is 2.99. The summed E-state index contributed by atoms with van der Waals surface area (Å²) in [4.78, 5) is 0. The van der Waals surface area contributed by atoms with Gasteiger partial charge in [0.05, 0.1) is 105 Å². The number of hydrogen-bond donors (Lipinski definition) is 0. The molecule has 0 amide bonds. The van der Waals surface area contributed by atoms with Crippen molar-refractivity contribution in [2.45, 2.75) is 26.2 Å². The van der Waals surface area contributed by atoms with Gasteiger partial charge in [0.25, 0.3) is 0 Å². The van der Waals surface area contributed by atoms with Crippen LogP contribution < -0.4 is 0 Å². The lowest BCUT2D eigenvalue weighted by atomic mass is 10.3. The van der Waals surface area contributed by atoms with Crippen molar-refractivity contribution in [2.75, 3.05) is 112 Å². The second-order valence-corrected chi connectivity index (χ2v) is 6.64. The third-order valence-electron chi connectivity index (χ3n) is 3.96. The summed E-state index contributed by atoms with van der Waals surface area (Å²) >= 11 is 0. The highest BCUT2D eigenvalue weighted by molar-refractivity contribution is 4.47. The summed E-state index contributed by atoms with van der Waals surface area (Å²) in [7, 11) is 0. The maximum Gasteiger partial charge on any atom is 0.111 e. The van der Waals surface area contributed by atoms with Crippen molar-refractivity contribution in [1.82, 2.24) is 0 Å². The molecule has 32 heavy (non-hydrogen) atoms. The number of hydrogen-bond acceptors (Lipinski definition) is 9. The molecule has 0 aromatic carbocycles. The van der Waals surface area contributed by atoms with Crippen molar-refractivity contribution >= 4 is 0 Å². The Bertz CT molecular complexity index is 345. The maximum absolute atomic E-state index is 5.46. The van der Waals surface area contributed by atoms with Gasteiger partial charge in [-0.2, -0.15) is 0 Å². The zero-order valence-corrected chi connectivity index (χ0v) is 20.1. The first-order valence-electron chi connectivity index (χ1n) is 11.8. The molecule has 0 spiro atoms. The Morgan fingerprint density at radius 1 is 0.406 bits per heavy atom. The standard InChI is InChI=1S/C23H46O9/c1-3-5-6-7-25-10-11-27-14-15-29-18-19-31-22-23-32-21-20-30-17-16-28-13-12-26-9-8-24-4-2/h4H,2-3,5-23H2,1H3. The summed E-state index contributed by atoms with van der Waals surface area (Å²) < 4.78 is 48.3. The van der Waals surface area contributed by atoms with Gasteiger partial charge in [-0.3, -0.25) is 0 Å². The Morgan fingerprint density at radius 2 is 0.688 bits per heavy atom. The van der Waals surface area contributed by atoms with Gasteiger partial charge >= 0.3 is 0 Å².